The number of aliphatic hydroxyl groups is 1. The lowest BCUT2D eigenvalue weighted by molar-refractivity contribution is 0.0604. The molecular formula is C16H24O2. The van der Waals surface area contributed by atoms with Crippen LogP contribution in [0.4, 0.5) is 0 Å². The molecule has 2 nitrogen and oxygen atoms in total. The quantitative estimate of drug-likeness (QED) is 0.793. The van der Waals surface area contributed by atoms with Crippen LogP contribution in [0.2, 0.25) is 0 Å². The van der Waals surface area contributed by atoms with E-state index in [0.29, 0.717) is 0 Å². The van der Waals surface area contributed by atoms with Gasteiger partial charge in [-0.2, -0.15) is 0 Å². The van der Waals surface area contributed by atoms with Gasteiger partial charge in [0.15, 0.2) is 0 Å². The lowest BCUT2D eigenvalue weighted by Crippen LogP contribution is -2.25. The predicted octanol–water partition coefficient (Wildman–Crippen LogP) is 4.15. The van der Waals surface area contributed by atoms with Gasteiger partial charge in [-0.3, -0.25) is 0 Å². The molecule has 1 aromatic carbocycles. The minimum absolute atomic E-state index is 0.187. The van der Waals surface area contributed by atoms with Gasteiger partial charge in [0, 0.05) is 12.0 Å². The maximum Gasteiger partial charge on any atom is 0.125 e. The molecule has 1 N–H and O–H groups in total. The van der Waals surface area contributed by atoms with Crippen molar-refractivity contribution in [1.82, 2.24) is 0 Å². The molecule has 0 saturated carbocycles. The van der Waals surface area contributed by atoms with E-state index in [-0.39, 0.29) is 12.2 Å². The van der Waals surface area contributed by atoms with Crippen molar-refractivity contribution in [2.24, 2.45) is 0 Å². The van der Waals surface area contributed by atoms with Gasteiger partial charge < -0.3 is 9.84 Å². The number of unbranched alkanes of at least 4 members (excludes halogenated alkanes) is 3. The Kier molecular flexibility index (Phi) is 4.65. The largest absolute Gasteiger partial charge is 0.490 e. The Morgan fingerprint density at radius 1 is 1.28 bits per heavy atom. The Morgan fingerprint density at radius 2 is 2.11 bits per heavy atom. The van der Waals surface area contributed by atoms with Crippen LogP contribution in [0.25, 0.3) is 0 Å². The molecule has 0 amide bonds. The van der Waals surface area contributed by atoms with E-state index in [2.05, 4.69) is 6.92 Å². The fraction of sp³-hybridized carbons (Fsp3) is 0.625. The fourth-order valence-electron chi connectivity index (χ4n) is 2.61. The van der Waals surface area contributed by atoms with Crippen LogP contribution in [0, 0.1) is 6.92 Å². The van der Waals surface area contributed by atoms with Crippen molar-refractivity contribution >= 4 is 0 Å². The molecule has 100 valence electrons. The second-order valence-corrected chi connectivity index (χ2v) is 5.38. The molecule has 1 heterocycles. The first-order chi connectivity index (χ1) is 8.70. The second kappa shape index (κ2) is 6.24. The van der Waals surface area contributed by atoms with Crippen molar-refractivity contribution in [3.63, 3.8) is 0 Å². The number of ether oxygens (including phenoxy) is 1. The van der Waals surface area contributed by atoms with Gasteiger partial charge in [-0.25, -0.2) is 0 Å². The summed E-state index contributed by atoms with van der Waals surface area (Å²) in [5.41, 5.74) is 2.14. The van der Waals surface area contributed by atoms with Crippen molar-refractivity contribution < 1.29 is 9.84 Å². The molecule has 2 atom stereocenters. The number of benzene rings is 1. The van der Waals surface area contributed by atoms with Gasteiger partial charge in [0.1, 0.15) is 11.9 Å². The van der Waals surface area contributed by atoms with Gasteiger partial charge in [0.2, 0.25) is 0 Å². The van der Waals surface area contributed by atoms with E-state index in [1.54, 1.807) is 0 Å². The van der Waals surface area contributed by atoms with Gasteiger partial charge in [-0.05, 0) is 31.9 Å². The molecule has 1 aliphatic rings. The molecule has 0 radical (unpaired) electrons. The second-order valence-electron chi connectivity index (χ2n) is 5.38. The van der Waals surface area contributed by atoms with Crippen LogP contribution in [-0.4, -0.2) is 11.2 Å². The molecule has 0 spiro atoms. The predicted molar refractivity (Wildman–Crippen MR) is 73.9 cm³/mol. The van der Waals surface area contributed by atoms with Crippen molar-refractivity contribution in [2.45, 2.75) is 64.6 Å². The summed E-state index contributed by atoms with van der Waals surface area (Å²) < 4.78 is 5.98. The van der Waals surface area contributed by atoms with Crippen LogP contribution in [0.5, 0.6) is 5.75 Å². The van der Waals surface area contributed by atoms with Crippen molar-refractivity contribution in [3.05, 3.63) is 29.3 Å². The molecule has 2 heteroatoms. The van der Waals surface area contributed by atoms with Crippen LogP contribution in [0.15, 0.2) is 18.2 Å². The summed E-state index contributed by atoms with van der Waals surface area (Å²) in [6, 6.07) is 6.07. The normalized spacial score (nSPS) is 22.4. The maximum absolute atomic E-state index is 10.2. The van der Waals surface area contributed by atoms with E-state index in [9.17, 15) is 5.11 Å². The Morgan fingerprint density at radius 3 is 2.89 bits per heavy atom. The zero-order chi connectivity index (χ0) is 13.0. The lowest BCUT2D eigenvalue weighted by Gasteiger charge is -2.30. The smallest absolute Gasteiger partial charge is 0.125 e. The maximum atomic E-state index is 10.2. The molecule has 0 aliphatic carbocycles. The first kappa shape index (κ1) is 13.4. The third-order valence-corrected chi connectivity index (χ3v) is 3.68. The first-order valence-electron chi connectivity index (χ1n) is 7.16. The minimum atomic E-state index is -0.357. The summed E-state index contributed by atoms with van der Waals surface area (Å²) in [6.07, 6.45) is 6.66. The highest BCUT2D eigenvalue weighted by atomic mass is 16.5. The third kappa shape index (κ3) is 3.26. The molecule has 0 fully saturated rings. The monoisotopic (exact) mass is 248 g/mol. The number of hydrogen-bond donors (Lipinski definition) is 1. The van der Waals surface area contributed by atoms with Crippen molar-refractivity contribution in [1.29, 1.82) is 0 Å². The summed E-state index contributed by atoms with van der Waals surface area (Å²) in [6.45, 7) is 4.27. The topological polar surface area (TPSA) is 29.5 Å². The Bertz CT molecular complexity index is 387. The fourth-order valence-corrected chi connectivity index (χ4v) is 2.61. The summed E-state index contributed by atoms with van der Waals surface area (Å²) in [5.74, 6) is 0.875. The van der Waals surface area contributed by atoms with E-state index < -0.39 is 0 Å². The van der Waals surface area contributed by atoms with E-state index in [0.717, 1.165) is 24.2 Å². The average Bonchev–Trinajstić information content (AvgIpc) is 2.36. The number of rotatable bonds is 5. The van der Waals surface area contributed by atoms with Gasteiger partial charge in [0.25, 0.3) is 0 Å². The molecular weight excluding hydrogens is 224 g/mol. The van der Waals surface area contributed by atoms with E-state index >= 15 is 0 Å². The standard InChI is InChI=1S/C16H24O2/c1-3-4-5-6-7-13-11-15(17)14-10-12(2)8-9-16(14)18-13/h8-10,13,15,17H,3-7,11H2,1-2H3/t13?,15-/m1/s1. The molecule has 0 saturated heterocycles. The molecule has 1 aliphatic heterocycles. The summed E-state index contributed by atoms with van der Waals surface area (Å²) >= 11 is 0. The first-order valence-corrected chi connectivity index (χ1v) is 7.16. The number of fused-ring (bicyclic) bond motifs is 1. The number of hydrogen-bond acceptors (Lipinski definition) is 2. The average molecular weight is 248 g/mol. The molecule has 18 heavy (non-hydrogen) atoms. The Labute approximate surface area is 110 Å². The van der Waals surface area contributed by atoms with Gasteiger partial charge >= 0.3 is 0 Å². The molecule has 1 unspecified atom stereocenters. The van der Waals surface area contributed by atoms with Crippen molar-refractivity contribution in [3.8, 4) is 5.75 Å². The zero-order valence-electron chi connectivity index (χ0n) is 11.5. The SMILES string of the molecule is CCCCCCC1C[C@@H](O)c2cc(C)ccc2O1. The van der Waals surface area contributed by atoms with E-state index in [1.807, 2.05) is 25.1 Å². The summed E-state index contributed by atoms with van der Waals surface area (Å²) in [4.78, 5) is 0. The van der Waals surface area contributed by atoms with Crippen LogP contribution in [0.3, 0.4) is 0 Å². The number of aliphatic hydroxyl groups excluding tert-OH is 1. The Balaban J connectivity index is 1.93. The van der Waals surface area contributed by atoms with Crippen LogP contribution in [0.1, 0.15) is 62.7 Å². The highest BCUT2D eigenvalue weighted by Gasteiger charge is 2.26. The van der Waals surface area contributed by atoms with Gasteiger partial charge in [-0.15, -0.1) is 0 Å². The van der Waals surface area contributed by atoms with Gasteiger partial charge in [0.05, 0.1) is 6.10 Å². The van der Waals surface area contributed by atoms with Crippen LogP contribution < -0.4 is 4.74 Å². The van der Waals surface area contributed by atoms with E-state index in [4.69, 9.17) is 4.74 Å². The highest BCUT2D eigenvalue weighted by molar-refractivity contribution is 5.40. The van der Waals surface area contributed by atoms with Crippen molar-refractivity contribution in [2.75, 3.05) is 0 Å². The summed E-state index contributed by atoms with van der Waals surface area (Å²) in [7, 11) is 0. The molecule has 2 rings (SSSR count). The van der Waals surface area contributed by atoms with Gasteiger partial charge in [-0.1, -0.05) is 37.8 Å². The zero-order valence-corrected chi connectivity index (χ0v) is 11.5. The Hall–Kier alpha value is -1.02. The van der Waals surface area contributed by atoms with E-state index in [1.165, 1.54) is 31.2 Å². The minimum Gasteiger partial charge on any atom is -0.490 e. The highest BCUT2D eigenvalue weighted by Crippen LogP contribution is 2.36. The molecule has 0 aromatic heterocycles. The van der Waals surface area contributed by atoms with Crippen LogP contribution >= 0.6 is 0 Å². The van der Waals surface area contributed by atoms with Crippen LogP contribution in [-0.2, 0) is 0 Å². The summed E-state index contributed by atoms with van der Waals surface area (Å²) in [5, 5.41) is 10.2. The lowest BCUT2D eigenvalue weighted by atomic mass is 9.95. The number of aryl methyl sites for hydroxylation is 1. The third-order valence-electron chi connectivity index (χ3n) is 3.68. The molecule has 1 aromatic rings. The molecule has 0 bridgehead atoms.